The van der Waals surface area contributed by atoms with Gasteiger partial charge in [-0.25, -0.2) is 4.39 Å². The molecule has 1 heterocycles. The van der Waals surface area contributed by atoms with Crippen molar-refractivity contribution in [3.63, 3.8) is 0 Å². The molecule has 0 radical (unpaired) electrons. The number of hydrogen-bond acceptors (Lipinski definition) is 2. The Morgan fingerprint density at radius 2 is 1.90 bits per heavy atom. The van der Waals surface area contributed by atoms with Crippen LogP contribution in [0.5, 0.6) is 0 Å². The molecule has 1 aromatic rings. The summed E-state index contributed by atoms with van der Waals surface area (Å²) in [6.07, 6.45) is 3.92. The van der Waals surface area contributed by atoms with Crippen molar-refractivity contribution in [2.24, 2.45) is 5.92 Å². The van der Waals surface area contributed by atoms with Crippen molar-refractivity contribution >= 4 is 24.8 Å². The number of piperazine rings is 1. The Kier molecular flexibility index (Phi) is 7.24. The zero-order valence-electron chi connectivity index (χ0n) is 11.6. The lowest BCUT2D eigenvalue weighted by molar-refractivity contribution is 0.160. The summed E-state index contributed by atoms with van der Waals surface area (Å²) in [5.41, 5.74) is 1.16. The van der Waals surface area contributed by atoms with Gasteiger partial charge in [0.15, 0.2) is 0 Å². The van der Waals surface area contributed by atoms with Gasteiger partial charge in [-0.3, -0.25) is 4.90 Å². The molecule has 1 N–H and O–H groups in total. The fraction of sp³-hybridized carbons (Fsp3) is 0.600. The smallest absolute Gasteiger partial charge is 0.123 e. The van der Waals surface area contributed by atoms with E-state index in [4.69, 9.17) is 0 Å². The molecule has 0 unspecified atom stereocenters. The summed E-state index contributed by atoms with van der Waals surface area (Å²) in [6, 6.07) is 7.59. The lowest BCUT2D eigenvalue weighted by atomic mass is 9.98. The third kappa shape index (κ3) is 4.59. The Bertz CT molecular complexity index is 407. The van der Waals surface area contributed by atoms with Gasteiger partial charge in [0.05, 0.1) is 0 Å². The van der Waals surface area contributed by atoms with Crippen LogP contribution in [0.25, 0.3) is 0 Å². The van der Waals surface area contributed by atoms with Gasteiger partial charge in [-0.05, 0) is 30.0 Å². The maximum Gasteiger partial charge on any atom is 0.123 e. The summed E-state index contributed by atoms with van der Waals surface area (Å²) in [7, 11) is 0. The van der Waals surface area contributed by atoms with Crippen molar-refractivity contribution in [3.8, 4) is 0 Å². The largest absolute Gasteiger partial charge is 0.314 e. The summed E-state index contributed by atoms with van der Waals surface area (Å²) in [5, 5.41) is 3.39. The molecule has 0 amide bonds. The van der Waals surface area contributed by atoms with E-state index < -0.39 is 0 Å². The van der Waals surface area contributed by atoms with Crippen LogP contribution in [0.2, 0.25) is 0 Å². The molecule has 2 fully saturated rings. The van der Waals surface area contributed by atoms with Gasteiger partial charge in [-0.2, -0.15) is 0 Å². The van der Waals surface area contributed by atoms with E-state index in [1.807, 2.05) is 6.07 Å². The standard InChI is InChI=1S/C15H21FN2.2ClH/c16-14-3-1-2-13(11-14)15(10-12-4-5-12)18-8-6-17-7-9-18;;/h1-3,11-12,15,17H,4-10H2;2*1H/t15-;;/m0../s1. The molecule has 5 heteroatoms. The lowest BCUT2D eigenvalue weighted by Gasteiger charge is -2.35. The molecule has 1 aliphatic heterocycles. The molecule has 0 spiro atoms. The maximum absolute atomic E-state index is 13.4. The van der Waals surface area contributed by atoms with Crippen LogP contribution in [-0.2, 0) is 0 Å². The van der Waals surface area contributed by atoms with Gasteiger partial charge in [0.1, 0.15) is 5.82 Å². The van der Waals surface area contributed by atoms with Crippen molar-refractivity contribution in [2.45, 2.75) is 25.3 Å². The van der Waals surface area contributed by atoms with Gasteiger partial charge in [-0.1, -0.05) is 25.0 Å². The van der Waals surface area contributed by atoms with Crippen LogP contribution in [0.4, 0.5) is 4.39 Å². The summed E-state index contributed by atoms with van der Waals surface area (Å²) in [4.78, 5) is 2.52. The Hall–Kier alpha value is -0.350. The summed E-state index contributed by atoms with van der Waals surface area (Å²) in [6.45, 7) is 4.26. The maximum atomic E-state index is 13.4. The zero-order valence-corrected chi connectivity index (χ0v) is 13.2. The average molecular weight is 321 g/mol. The molecule has 114 valence electrons. The van der Waals surface area contributed by atoms with Crippen LogP contribution in [0.1, 0.15) is 30.9 Å². The first-order valence-electron chi connectivity index (χ1n) is 7.03. The highest BCUT2D eigenvalue weighted by molar-refractivity contribution is 5.85. The zero-order chi connectivity index (χ0) is 12.4. The summed E-state index contributed by atoms with van der Waals surface area (Å²) >= 11 is 0. The third-order valence-electron chi connectivity index (χ3n) is 4.08. The quantitative estimate of drug-likeness (QED) is 0.914. The molecule has 1 aromatic carbocycles. The molecule has 1 saturated carbocycles. The molecule has 20 heavy (non-hydrogen) atoms. The van der Waals surface area contributed by atoms with Gasteiger partial charge < -0.3 is 5.32 Å². The van der Waals surface area contributed by atoms with E-state index >= 15 is 0 Å². The van der Waals surface area contributed by atoms with Gasteiger partial charge >= 0.3 is 0 Å². The number of nitrogens with one attached hydrogen (secondary N) is 1. The van der Waals surface area contributed by atoms with Crippen molar-refractivity contribution in [1.29, 1.82) is 0 Å². The van der Waals surface area contributed by atoms with Crippen LogP contribution in [0.3, 0.4) is 0 Å². The fourth-order valence-electron chi connectivity index (χ4n) is 2.87. The molecule has 1 saturated heterocycles. The fourth-order valence-corrected chi connectivity index (χ4v) is 2.87. The normalized spacial score (nSPS) is 20.6. The Labute approximate surface area is 132 Å². The van der Waals surface area contributed by atoms with Crippen LogP contribution < -0.4 is 5.32 Å². The monoisotopic (exact) mass is 320 g/mol. The van der Waals surface area contributed by atoms with Gasteiger partial charge in [0, 0.05) is 32.2 Å². The van der Waals surface area contributed by atoms with Crippen LogP contribution in [-0.4, -0.2) is 31.1 Å². The molecule has 0 aromatic heterocycles. The first kappa shape index (κ1) is 17.7. The molecule has 1 atom stereocenters. The molecular weight excluding hydrogens is 298 g/mol. The molecule has 2 nitrogen and oxygen atoms in total. The van der Waals surface area contributed by atoms with Crippen molar-refractivity contribution in [1.82, 2.24) is 10.2 Å². The second kappa shape index (κ2) is 8.18. The number of hydrogen-bond donors (Lipinski definition) is 1. The summed E-state index contributed by atoms with van der Waals surface area (Å²) < 4.78 is 13.4. The van der Waals surface area contributed by atoms with E-state index in [-0.39, 0.29) is 30.6 Å². The van der Waals surface area contributed by atoms with Crippen LogP contribution in [0.15, 0.2) is 24.3 Å². The first-order chi connectivity index (χ1) is 8.83. The number of nitrogens with zero attached hydrogens (tertiary/aromatic N) is 1. The van der Waals surface area contributed by atoms with E-state index in [1.165, 1.54) is 25.3 Å². The van der Waals surface area contributed by atoms with E-state index in [1.54, 1.807) is 6.07 Å². The molecule has 1 aliphatic carbocycles. The molecule has 0 bridgehead atoms. The summed E-state index contributed by atoms with van der Waals surface area (Å²) in [5.74, 6) is 0.761. The highest BCUT2D eigenvalue weighted by atomic mass is 35.5. The molecular formula is C15H23Cl2FN2. The van der Waals surface area contributed by atoms with Crippen LogP contribution >= 0.6 is 24.8 Å². The van der Waals surface area contributed by atoms with E-state index in [9.17, 15) is 4.39 Å². The van der Waals surface area contributed by atoms with E-state index in [0.717, 1.165) is 37.7 Å². The second-order valence-electron chi connectivity index (χ2n) is 5.54. The molecule has 3 rings (SSSR count). The first-order valence-corrected chi connectivity index (χ1v) is 7.03. The van der Waals surface area contributed by atoms with E-state index in [0.29, 0.717) is 6.04 Å². The number of halogens is 3. The van der Waals surface area contributed by atoms with Crippen molar-refractivity contribution in [3.05, 3.63) is 35.6 Å². The minimum absolute atomic E-state index is 0. The Morgan fingerprint density at radius 3 is 2.50 bits per heavy atom. The Balaban J connectivity index is 0.000001000. The van der Waals surface area contributed by atoms with E-state index in [2.05, 4.69) is 16.3 Å². The molecule has 2 aliphatic rings. The van der Waals surface area contributed by atoms with Crippen molar-refractivity contribution in [2.75, 3.05) is 26.2 Å². The SMILES string of the molecule is Cl.Cl.Fc1cccc([C@H](CC2CC2)N2CCNCC2)c1. The third-order valence-corrected chi connectivity index (χ3v) is 4.08. The van der Waals surface area contributed by atoms with Gasteiger partial charge in [0.25, 0.3) is 0 Å². The minimum Gasteiger partial charge on any atom is -0.314 e. The highest BCUT2D eigenvalue weighted by Gasteiger charge is 2.30. The number of rotatable bonds is 4. The topological polar surface area (TPSA) is 15.3 Å². The predicted octanol–water partition coefficient (Wildman–Crippen LogP) is 3.42. The number of benzene rings is 1. The minimum atomic E-state index is -0.108. The van der Waals surface area contributed by atoms with Crippen molar-refractivity contribution < 1.29 is 4.39 Å². The second-order valence-corrected chi connectivity index (χ2v) is 5.54. The predicted molar refractivity (Wildman–Crippen MR) is 85.4 cm³/mol. The van der Waals surface area contributed by atoms with Gasteiger partial charge in [-0.15, -0.1) is 24.8 Å². The highest BCUT2D eigenvalue weighted by Crippen LogP contribution is 2.40. The average Bonchev–Trinajstić information content (AvgIpc) is 3.21. The Morgan fingerprint density at radius 1 is 1.20 bits per heavy atom. The van der Waals surface area contributed by atoms with Gasteiger partial charge in [0.2, 0.25) is 0 Å². The van der Waals surface area contributed by atoms with Crippen LogP contribution in [0, 0.1) is 11.7 Å². The lowest BCUT2D eigenvalue weighted by Crippen LogP contribution is -2.45.